The lowest BCUT2D eigenvalue weighted by Crippen LogP contribution is -2.20. The first-order valence-corrected chi connectivity index (χ1v) is 10.1. The second kappa shape index (κ2) is 8.92. The maximum Gasteiger partial charge on any atom is 0.264 e. The van der Waals surface area contributed by atoms with Crippen LogP contribution in [0.4, 0.5) is 14.5 Å². The van der Waals surface area contributed by atoms with E-state index < -0.39 is 12.3 Å². The molecule has 2 heterocycles. The number of ether oxygens (including phenoxy) is 1. The summed E-state index contributed by atoms with van der Waals surface area (Å²) in [5, 5.41) is 7.63. The largest absolute Gasteiger partial charge is 0.495 e. The highest BCUT2D eigenvalue weighted by atomic mass is 35.5. The zero-order chi connectivity index (χ0) is 22.8. The Bertz CT molecular complexity index is 1290. The summed E-state index contributed by atoms with van der Waals surface area (Å²) in [4.78, 5) is 17.2. The number of rotatable bonds is 6. The van der Waals surface area contributed by atoms with Crippen molar-refractivity contribution in [3.63, 3.8) is 0 Å². The molecule has 0 saturated carbocycles. The van der Waals surface area contributed by atoms with E-state index in [0.717, 1.165) is 0 Å². The summed E-state index contributed by atoms with van der Waals surface area (Å²) in [7, 11) is 1.50. The SMILES string of the molecule is COc1ccc(NC(=O)Cn2nc(C)c3c(C(F)F)cc(-c4ccccc4)nc32)cc1Cl. The Morgan fingerprint density at radius 2 is 1.94 bits per heavy atom. The van der Waals surface area contributed by atoms with Crippen LogP contribution in [-0.2, 0) is 11.3 Å². The number of hydrogen-bond donors (Lipinski definition) is 1. The molecule has 2 aromatic carbocycles. The van der Waals surface area contributed by atoms with E-state index in [1.165, 1.54) is 17.9 Å². The number of hydrogen-bond acceptors (Lipinski definition) is 4. The summed E-state index contributed by atoms with van der Waals surface area (Å²) in [6.07, 6.45) is -2.71. The number of aryl methyl sites for hydroxylation is 1. The van der Waals surface area contributed by atoms with Crippen LogP contribution in [0.2, 0.25) is 5.02 Å². The monoisotopic (exact) mass is 456 g/mol. The van der Waals surface area contributed by atoms with Crippen LogP contribution >= 0.6 is 11.6 Å². The van der Waals surface area contributed by atoms with Gasteiger partial charge in [0.2, 0.25) is 5.91 Å². The second-order valence-corrected chi connectivity index (χ2v) is 7.51. The molecule has 0 unspecified atom stereocenters. The van der Waals surface area contributed by atoms with E-state index in [-0.39, 0.29) is 23.1 Å². The summed E-state index contributed by atoms with van der Waals surface area (Å²) in [5.41, 5.74) is 1.99. The van der Waals surface area contributed by atoms with Gasteiger partial charge in [-0.15, -0.1) is 0 Å². The van der Waals surface area contributed by atoms with Crippen molar-refractivity contribution in [2.75, 3.05) is 12.4 Å². The van der Waals surface area contributed by atoms with Crippen molar-refractivity contribution in [1.29, 1.82) is 0 Å². The summed E-state index contributed by atoms with van der Waals surface area (Å²) >= 11 is 6.10. The van der Waals surface area contributed by atoms with E-state index in [1.807, 2.05) is 6.07 Å². The molecule has 2 aromatic heterocycles. The molecule has 0 bridgehead atoms. The van der Waals surface area contributed by atoms with E-state index in [0.29, 0.717) is 33.4 Å². The Morgan fingerprint density at radius 3 is 2.59 bits per heavy atom. The van der Waals surface area contributed by atoms with Crippen LogP contribution in [0.25, 0.3) is 22.3 Å². The average molecular weight is 457 g/mol. The Kier molecular flexibility index (Phi) is 6.05. The fourth-order valence-corrected chi connectivity index (χ4v) is 3.76. The molecule has 0 aliphatic rings. The molecular formula is C23H19ClF2N4O2. The number of methoxy groups -OCH3 is 1. The Balaban J connectivity index is 1.70. The number of alkyl halides is 2. The van der Waals surface area contributed by atoms with Crippen LogP contribution in [0.3, 0.4) is 0 Å². The first-order chi connectivity index (χ1) is 15.4. The maximum absolute atomic E-state index is 13.9. The molecule has 0 aliphatic carbocycles. The molecule has 0 radical (unpaired) electrons. The molecule has 1 N–H and O–H groups in total. The number of amides is 1. The quantitative estimate of drug-likeness (QED) is 0.407. The lowest BCUT2D eigenvalue weighted by atomic mass is 10.1. The van der Waals surface area contributed by atoms with E-state index in [1.54, 1.807) is 49.4 Å². The predicted octanol–water partition coefficient (Wildman–Crippen LogP) is 5.65. The summed E-state index contributed by atoms with van der Waals surface area (Å²) in [6, 6.07) is 15.2. The predicted molar refractivity (Wildman–Crippen MR) is 119 cm³/mol. The second-order valence-electron chi connectivity index (χ2n) is 7.10. The first-order valence-electron chi connectivity index (χ1n) is 9.72. The fourth-order valence-electron chi connectivity index (χ4n) is 3.51. The Hall–Kier alpha value is -3.52. The molecule has 0 saturated heterocycles. The van der Waals surface area contributed by atoms with E-state index in [9.17, 15) is 13.6 Å². The van der Waals surface area contributed by atoms with Gasteiger partial charge in [-0.05, 0) is 31.2 Å². The first kappa shape index (κ1) is 21.7. The van der Waals surface area contributed by atoms with Crippen molar-refractivity contribution < 1.29 is 18.3 Å². The third kappa shape index (κ3) is 4.27. The van der Waals surface area contributed by atoms with Gasteiger partial charge in [0.1, 0.15) is 12.3 Å². The van der Waals surface area contributed by atoms with E-state index >= 15 is 0 Å². The number of halogens is 3. The summed E-state index contributed by atoms with van der Waals surface area (Å²) < 4.78 is 34.2. The van der Waals surface area contributed by atoms with Gasteiger partial charge in [-0.3, -0.25) is 4.79 Å². The number of carbonyl (C=O) groups excluding carboxylic acids is 1. The van der Waals surface area contributed by atoms with Crippen molar-refractivity contribution in [3.05, 3.63) is 70.9 Å². The number of benzene rings is 2. The highest BCUT2D eigenvalue weighted by Crippen LogP contribution is 2.33. The van der Waals surface area contributed by atoms with Gasteiger partial charge in [0.15, 0.2) is 5.65 Å². The van der Waals surface area contributed by atoms with Gasteiger partial charge in [0, 0.05) is 16.8 Å². The number of aromatic nitrogens is 3. The van der Waals surface area contributed by atoms with Gasteiger partial charge in [-0.1, -0.05) is 41.9 Å². The van der Waals surface area contributed by atoms with Crippen LogP contribution in [0, 0.1) is 6.92 Å². The molecule has 6 nitrogen and oxygen atoms in total. The van der Waals surface area contributed by atoms with Crippen molar-refractivity contribution in [3.8, 4) is 17.0 Å². The van der Waals surface area contributed by atoms with Crippen molar-refractivity contribution in [1.82, 2.24) is 14.8 Å². The third-order valence-electron chi connectivity index (χ3n) is 4.94. The number of anilines is 1. The highest BCUT2D eigenvalue weighted by molar-refractivity contribution is 6.32. The van der Waals surface area contributed by atoms with Crippen molar-refractivity contribution in [2.45, 2.75) is 19.9 Å². The number of pyridine rings is 1. The standard InChI is InChI=1S/C23H19ClF2N4O2/c1-13-21-16(22(25)26)11-18(14-6-4-3-5-7-14)28-23(21)30(29-13)12-20(31)27-15-8-9-19(32-2)17(24)10-15/h3-11,22H,12H2,1-2H3,(H,27,31). The molecule has 0 aliphatic heterocycles. The highest BCUT2D eigenvalue weighted by Gasteiger charge is 2.22. The molecular weight excluding hydrogens is 438 g/mol. The van der Waals surface area contributed by atoms with Crippen LogP contribution in [-0.4, -0.2) is 27.8 Å². The topological polar surface area (TPSA) is 69.0 Å². The lowest BCUT2D eigenvalue weighted by molar-refractivity contribution is -0.116. The molecule has 0 fully saturated rings. The summed E-state index contributed by atoms with van der Waals surface area (Å²) in [5.74, 6) is 0.0803. The summed E-state index contributed by atoms with van der Waals surface area (Å²) in [6.45, 7) is 1.41. The van der Waals surface area contributed by atoms with Gasteiger partial charge in [0.05, 0.1) is 28.9 Å². The molecule has 4 rings (SSSR count). The number of nitrogens with zero attached hydrogens (tertiary/aromatic N) is 3. The van der Waals surface area contributed by atoms with Gasteiger partial charge >= 0.3 is 0 Å². The van der Waals surface area contributed by atoms with Gasteiger partial charge in [-0.2, -0.15) is 5.10 Å². The minimum absolute atomic E-state index is 0.167. The van der Waals surface area contributed by atoms with Crippen LogP contribution in [0.5, 0.6) is 5.75 Å². The molecule has 0 spiro atoms. The maximum atomic E-state index is 13.9. The van der Waals surface area contributed by atoms with Gasteiger partial charge < -0.3 is 10.1 Å². The molecule has 1 amide bonds. The third-order valence-corrected chi connectivity index (χ3v) is 5.24. The van der Waals surface area contributed by atoms with Crippen LogP contribution < -0.4 is 10.1 Å². The number of nitrogens with one attached hydrogen (secondary N) is 1. The zero-order valence-electron chi connectivity index (χ0n) is 17.3. The molecule has 4 aromatic rings. The van der Waals surface area contributed by atoms with Crippen molar-refractivity contribution in [2.24, 2.45) is 0 Å². The van der Waals surface area contributed by atoms with E-state index in [4.69, 9.17) is 16.3 Å². The van der Waals surface area contributed by atoms with Gasteiger partial charge in [0.25, 0.3) is 6.43 Å². The number of carbonyl (C=O) groups is 1. The van der Waals surface area contributed by atoms with Crippen molar-refractivity contribution >= 4 is 34.2 Å². The molecule has 0 atom stereocenters. The fraction of sp³-hybridized carbons (Fsp3) is 0.174. The van der Waals surface area contributed by atoms with Crippen LogP contribution in [0.1, 0.15) is 17.7 Å². The molecule has 9 heteroatoms. The van der Waals surface area contributed by atoms with E-state index in [2.05, 4.69) is 15.4 Å². The number of fused-ring (bicyclic) bond motifs is 1. The zero-order valence-corrected chi connectivity index (χ0v) is 18.0. The average Bonchev–Trinajstić information content (AvgIpc) is 3.08. The lowest BCUT2D eigenvalue weighted by Gasteiger charge is -2.10. The minimum atomic E-state index is -2.71. The Labute approximate surface area is 187 Å². The minimum Gasteiger partial charge on any atom is -0.495 e. The van der Waals surface area contributed by atoms with Crippen LogP contribution in [0.15, 0.2) is 54.6 Å². The molecule has 32 heavy (non-hydrogen) atoms. The van der Waals surface area contributed by atoms with Gasteiger partial charge in [-0.25, -0.2) is 18.4 Å². The smallest absolute Gasteiger partial charge is 0.264 e. The molecule has 164 valence electrons. The Morgan fingerprint density at radius 1 is 1.19 bits per heavy atom. The normalized spacial score (nSPS) is 11.2.